The summed E-state index contributed by atoms with van der Waals surface area (Å²) < 4.78 is 0. The first kappa shape index (κ1) is 47.8. The maximum atomic E-state index is 12.4. The van der Waals surface area contributed by atoms with E-state index in [1.807, 2.05) is 0 Å². The summed E-state index contributed by atoms with van der Waals surface area (Å²) in [5.74, 6) is -0.152. The number of amides is 1. The van der Waals surface area contributed by atoms with Gasteiger partial charge in [0.2, 0.25) is 5.91 Å². The van der Waals surface area contributed by atoms with E-state index in [4.69, 9.17) is 0 Å². The number of hydrogen-bond acceptors (Lipinski definition) is 4. The van der Waals surface area contributed by atoms with E-state index >= 15 is 0 Å². The second kappa shape index (κ2) is 39.6. The van der Waals surface area contributed by atoms with Crippen LogP contribution in [0.4, 0.5) is 0 Å². The van der Waals surface area contributed by atoms with Crippen LogP contribution in [-0.2, 0) is 4.79 Å². The molecule has 0 aliphatic heterocycles. The van der Waals surface area contributed by atoms with Gasteiger partial charge in [0.05, 0.1) is 18.8 Å². The minimum absolute atomic E-state index is 0.152. The molecule has 0 radical (unpaired) electrons. The molecule has 3 atom stereocenters. The lowest BCUT2D eigenvalue weighted by atomic mass is 9.99. The van der Waals surface area contributed by atoms with Gasteiger partial charge in [0.1, 0.15) is 6.10 Å². The quantitative estimate of drug-likeness (QED) is 0.0381. The Morgan fingerprint density at radius 1 is 0.510 bits per heavy atom. The van der Waals surface area contributed by atoms with Crippen molar-refractivity contribution in [2.75, 3.05) is 6.61 Å². The van der Waals surface area contributed by atoms with Gasteiger partial charge < -0.3 is 20.6 Å². The van der Waals surface area contributed by atoms with Crippen molar-refractivity contribution in [3.63, 3.8) is 0 Å². The normalized spacial score (nSPS) is 13.8. The molecule has 5 heteroatoms. The molecule has 0 heterocycles. The number of nitrogens with one attached hydrogen (secondary N) is 1. The number of unbranched alkanes of at least 4 members (excludes halogenated alkanes) is 27. The van der Waals surface area contributed by atoms with Gasteiger partial charge in [0, 0.05) is 6.42 Å². The molecule has 0 saturated heterocycles. The van der Waals surface area contributed by atoms with Crippen LogP contribution in [-0.4, -0.2) is 46.1 Å². The van der Waals surface area contributed by atoms with Crippen LogP contribution in [0.3, 0.4) is 0 Å². The predicted molar refractivity (Wildman–Crippen MR) is 213 cm³/mol. The van der Waals surface area contributed by atoms with Gasteiger partial charge in [0.25, 0.3) is 0 Å². The van der Waals surface area contributed by atoms with Crippen molar-refractivity contribution >= 4 is 5.91 Å². The Kier molecular flexibility index (Phi) is 38.7. The van der Waals surface area contributed by atoms with E-state index in [-0.39, 0.29) is 12.5 Å². The molecule has 0 aromatic rings. The fourth-order valence-electron chi connectivity index (χ4n) is 6.66. The average Bonchev–Trinajstić information content (AvgIpc) is 3.10. The lowest BCUT2D eigenvalue weighted by Gasteiger charge is -2.26. The molecular formula is C44H85NO4. The highest BCUT2D eigenvalue weighted by Crippen LogP contribution is 2.16. The van der Waals surface area contributed by atoms with E-state index in [1.165, 1.54) is 148 Å². The maximum Gasteiger partial charge on any atom is 0.220 e. The molecule has 49 heavy (non-hydrogen) atoms. The molecule has 0 aliphatic carbocycles. The number of hydrogen-bond donors (Lipinski definition) is 4. The first-order chi connectivity index (χ1) is 24.1. The first-order valence-corrected chi connectivity index (χ1v) is 21.6. The summed E-state index contributed by atoms with van der Waals surface area (Å²) in [6.45, 7) is 4.17. The van der Waals surface area contributed by atoms with E-state index in [0.717, 1.165) is 51.4 Å². The van der Waals surface area contributed by atoms with Gasteiger partial charge in [-0.15, -0.1) is 0 Å². The Morgan fingerprint density at radius 2 is 0.878 bits per heavy atom. The third-order valence-electron chi connectivity index (χ3n) is 10.1. The van der Waals surface area contributed by atoms with Gasteiger partial charge in [-0.1, -0.05) is 199 Å². The number of rotatable bonds is 39. The Labute approximate surface area is 305 Å². The zero-order valence-electron chi connectivity index (χ0n) is 32.8. The Bertz CT molecular complexity index is 724. The van der Waals surface area contributed by atoms with Crippen molar-refractivity contribution in [3.05, 3.63) is 24.3 Å². The molecule has 0 aromatic heterocycles. The van der Waals surface area contributed by atoms with E-state index in [0.29, 0.717) is 12.8 Å². The molecule has 0 saturated carbocycles. The monoisotopic (exact) mass is 692 g/mol. The van der Waals surface area contributed by atoms with Crippen molar-refractivity contribution in [3.8, 4) is 0 Å². The van der Waals surface area contributed by atoms with Crippen molar-refractivity contribution in [2.45, 2.75) is 244 Å². The van der Waals surface area contributed by atoms with Crippen molar-refractivity contribution in [1.29, 1.82) is 0 Å². The summed E-state index contributed by atoms with van der Waals surface area (Å²) in [6.07, 6.45) is 47.1. The van der Waals surface area contributed by atoms with Crippen LogP contribution in [0, 0.1) is 0 Å². The molecule has 0 fully saturated rings. The summed E-state index contributed by atoms with van der Waals surface area (Å²) in [5, 5.41) is 33.4. The summed E-state index contributed by atoms with van der Waals surface area (Å²) in [7, 11) is 0. The largest absolute Gasteiger partial charge is 0.394 e. The van der Waals surface area contributed by atoms with Gasteiger partial charge in [-0.25, -0.2) is 0 Å². The summed E-state index contributed by atoms with van der Waals surface area (Å²) in [5.41, 5.74) is 0. The van der Waals surface area contributed by atoms with Gasteiger partial charge in [-0.3, -0.25) is 4.79 Å². The maximum absolute atomic E-state index is 12.4. The Hall–Kier alpha value is -1.17. The molecule has 290 valence electrons. The molecule has 4 N–H and O–H groups in total. The smallest absolute Gasteiger partial charge is 0.220 e. The topological polar surface area (TPSA) is 89.8 Å². The van der Waals surface area contributed by atoms with Crippen LogP contribution < -0.4 is 5.32 Å². The van der Waals surface area contributed by atoms with E-state index < -0.39 is 18.2 Å². The third-order valence-corrected chi connectivity index (χ3v) is 10.1. The summed E-state index contributed by atoms with van der Waals surface area (Å²) >= 11 is 0. The fraction of sp³-hybridized carbons (Fsp3) is 0.886. The minimum atomic E-state index is -1.14. The van der Waals surface area contributed by atoms with Gasteiger partial charge in [-0.2, -0.15) is 0 Å². The minimum Gasteiger partial charge on any atom is -0.394 e. The van der Waals surface area contributed by atoms with E-state index in [1.54, 1.807) is 0 Å². The SMILES string of the molecule is CCCCCCCCCCC/C=C\C/C=C\CCCCCCCCCC(=O)NC(CO)C(O)C(O)CCCCCCCCCCCCCC. The van der Waals surface area contributed by atoms with Crippen LogP contribution in [0.5, 0.6) is 0 Å². The zero-order chi connectivity index (χ0) is 35.9. The van der Waals surface area contributed by atoms with Crippen LogP contribution in [0.1, 0.15) is 226 Å². The lowest BCUT2D eigenvalue weighted by Crippen LogP contribution is -2.50. The lowest BCUT2D eigenvalue weighted by molar-refractivity contribution is -0.124. The third kappa shape index (κ3) is 35.0. The molecule has 0 spiro atoms. The van der Waals surface area contributed by atoms with Crippen molar-refractivity contribution < 1.29 is 20.1 Å². The zero-order valence-corrected chi connectivity index (χ0v) is 32.8. The second-order valence-electron chi connectivity index (χ2n) is 14.9. The van der Waals surface area contributed by atoms with Crippen LogP contribution in [0.2, 0.25) is 0 Å². The van der Waals surface area contributed by atoms with Crippen molar-refractivity contribution in [2.24, 2.45) is 0 Å². The van der Waals surface area contributed by atoms with Crippen LogP contribution >= 0.6 is 0 Å². The number of allylic oxidation sites excluding steroid dienone is 4. The predicted octanol–water partition coefficient (Wildman–Crippen LogP) is 12.2. The molecule has 0 aromatic carbocycles. The number of carbonyl (C=O) groups is 1. The highest BCUT2D eigenvalue weighted by Gasteiger charge is 2.26. The van der Waals surface area contributed by atoms with Crippen molar-refractivity contribution in [1.82, 2.24) is 5.32 Å². The van der Waals surface area contributed by atoms with Gasteiger partial charge >= 0.3 is 0 Å². The number of aliphatic hydroxyl groups is 3. The molecule has 0 bridgehead atoms. The highest BCUT2D eigenvalue weighted by molar-refractivity contribution is 5.76. The second-order valence-corrected chi connectivity index (χ2v) is 14.9. The summed E-state index contributed by atoms with van der Waals surface area (Å²) in [4.78, 5) is 12.4. The summed E-state index contributed by atoms with van der Waals surface area (Å²) in [6, 6.07) is -0.811. The number of carbonyl (C=O) groups excluding carboxylic acids is 1. The fourth-order valence-corrected chi connectivity index (χ4v) is 6.66. The number of aliphatic hydroxyl groups excluding tert-OH is 3. The van der Waals surface area contributed by atoms with Crippen LogP contribution in [0.15, 0.2) is 24.3 Å². The molecule has 5 nitrogen and oxygen atoms in total. The Morgan fingerprint density at radius 3 is 1.29 bits per heavy atom. The van der Waals surface area contributed by atoms with E-state index in [9.17, 15) is 20.1 Å². The Balaban J connectivity index is 3.63. The standard InChI is InChI=1S/C44H85NO4/c1-3-5-7-9-11-13-15-17-18-19-20-21-22-23-24-25-26-27-29-31-33-35-37-39-43(48)45-41(40-46)44(49)42(47)38-36-34-32-30-28-16-14-12-10-8-6-4-2/h20-21,23-24,41-42,44,46-47,49H,3-19,22,25-40H2,1-2H3,(H,45,48)/b21-20-,24-23-. The molecule has 0 aliphatic rings. The highest BCUT2D eigenvalue weighted by atomic mass is 16.3. The molecule has 3 unspecified atom stereocenters. The van der Waals surface area contributed by atoms with Gasteiger partial charge in [-0.05, 0) is 44.9 Å². The van der Waals surface area contributed by atoms with Gasteiger partial charge in [0.15, 0.2) is 0 Å². The molecule has 0 rings (SSSR count). The molecule has 1 amide bonds. The van der Waals surface area contributed by atoms with Crippen LogP contribution in [0.25, 0.3) is 0 Å². The average molecular weight is 692 g/mol. The molecular weight excluding hydrogens is 606 g/mol. The first-order valence-electron chi connectivity index (χ1n) is 21.6. The van der Waals surface area contributed by atoms with E-state index in [2.05, 4.69) is 43.5 Å².